The molecule has 3 aliphatic heterocycles. The molecule has 1 amide bonds. The highest BCUT2D eigenvalue weighted by atomic mass is 16.6. The summed E-state index contributed by atoms with van der Waals surface area (Å²) >= 11 is 0. The second-order valence-electron chi connectivity index (χ2n) is 10.3. The van der Waals surface area contributed by atoms with Gasteiger partial charge in [0.2, 0.25) is 0 Å². The number of amides is 1. The Hall–Kier alpha value is -3.59. The second-order valence-corrected chi connectivity index (χ2v) is 10.3. The van der Waals surface area contributed by atoms with Crippen molar-refractivity contribution in [2.45, 2.75) is 44.0 Å². The monoisotopic (exact) mass is 482 g/mol. The molecule has 1 saturated heterocycles. The van der Waals surface area contributed by atoms with Crippen molar-refractivity contribution in [3.63, 3.8) is 0 Å². The third-order valence-corrected chi connectivity index (χ3v) is 8.69. The molecule has 182 valence electrons. The van der Waals surface area contributed by atoms with Gasteiger partial charge < -0.3 is 34.3 Å². The topological polar surface area (TPSA) is 89.7 Å². The lowest BCUT2D eigenvalue weighted by atomic mass is 9.93. The van der Waals surface area contributed by atoms with E-state index >= 15 is 0 Å². The van der Waals surface area contributed by atoms with Gasteiger partial charge in [0, 0.05) is 47.7 Å². The van der Waals surface area contributed by atoms with Gasteiger partial charge in [-0.3, -0.25) is 4.79 Å². The minimum absolute atomic E-state index is 0.00206. The maximum atomic E-state index is 13.3. The number of aromatic nitrogens is 2. The van der Waals surface area contributed by atoms with Crippen LogP contribution >= 0.6 is 0 Å². The van der Waals surface area contributed by atoms with Gasteiger partial charge >= 0.3 is 0 Å². The number of ether oxygens (including phenoxy) is 2. The summed E-state index contributed by atoms with van der Waals surface area (Å²) in [6.45, 7) is 2.50. The summed E-state index contributed by atoms with van der Waals surface area (Å²) in [6, 6.07) is 13.8. The first-order valence-electron chi connectivity index (χ1n) is 12.4. The Morgan fingerprint density at radius 1 is 1.11 bits per heavy atom. The van der Waals surface area contributed by atoms with Crippen molar-refractivity contribution in [2.75, 3.05) is 14.2 Å². The fourth-order valence-electron chi connectivity index (χ4n) is 7.40. The highest BCUT2D eigenvalue weighted by Gasteiger charge is 2.53. The first-order chi connectivity index (χ1) is 17.5. The fourth-order valence-corrected chi connectivity index (χ4v) is 7.40. The number of carbonyl (C=O) groups is 1. The molecule has 8 nitrogen and oxygen atoms in total. The van der Waals surface area contributed by atoms with Crippen LogP contribution in [0, 0.1) is 0 Å². The number of aromatic hydroxyl groups is 1. The number of rotatable bonds is 2. The zero-order valence-corrected chi connectivity index (χ0v) is 20.3. The van der Waals surface area contributed by atoms with Gasteiger partial charge in [-0.2, -0.15) is 0 Å². The van der Waals surface area contributed by atoms with Crippen molar-refractivity contribution >= 4 is 49.5 Å². The quantitative estimate of drug-likeness (QED) is 0.353. The number of nitrogens with zero attached hydrogens (tertiary/aromatic N) is 2. The van der Waals surface area contributed by atoms with Gasteiger partial charge in [-0.1, -0.05) is 30.3 Å². The maximum Gasteiger partial charge on any atom is 0.252 e. The van der Waals surface area contributed by atoms with Crippen molar-refractivity contribution in [1.82, 2.24) is 19.8 Å². The van der Waals surface area contributed by atoms with Crippen LogP contribution in [0.1, 0.15) is 35.5 Å². The van der Waals surface area contributed by atoms with E-state index in [-0.39, 0.29) is 30.0 Å². The predicted octanol–water partition coefficient (Wildman–Crippen LogP) is 4.06. The van der Waals surface area contributed by atoms with Gasteiger partial charge in [-0.25, -0.2) is 0 Å². The number of para-hydroxylation sites is 2. The lowest BCUT2D eigenvalue weighted by Crippen LogP contribution is -2.59. The summed E-state index contributed by atoms with van der Waals surface area (Å²) in [5.74, 6) is 0.119. The number of likely N-dealkylation sites (N-methyl/N-ethyl adjacent to an activating group) is 1. The van der Waals surface area contributed by atoms with E-state index in [1.165, 1.54) is 0 Å². The van der Waals surface area contributed by atoms with Crippen LogP contribution in [0.3, 0.4) is 0 Å². The Labute approximate surface area is 206 Å². The number of methoxy groups -OCH3 is 1. The molecule has 1 fully saturated rings. The largest absolute Gasteiger partial charge is 0.506 e. The van der Waals surface area contributed by atoms with Crippen molar-refractivity contribution in [2.24, 2.45) is 0 Å². The lowest BCUT2D eigenvalue weighted by Gasteiger charge is -2.48. The molecule has 0 radical (unpaired) electrons. The number of nitrogens with one attached hydrogen (secondary N) is 2. The van der Waals surface area contributed by atoms with E-state index in [1.807, 2.05) is 31.3 Å². The molecule has 36 heavy (non-hydrogen) atoms. The highest BCUT2D eigenvalue weighted by Crippen LogP contribution is 2.54. The van der Waals surface area contributed by atoms with Crippen LogP contribution < -0.4 is 10.6 Å². The number of fused-ring (bicyclic) bond motifs is 13. The van der Waals surface area contributed by atoms with Crippen molar-refractivity contribution in [3.8, 4) is 5.75 Å². The van der Waals surface area contributed by atoms with E-state index < -0.39 is 5.72 Å². The van der Waals surface area contributed by atoms with E-state index in [9.17, 15) is 9.90 Å². The molecule has 0 saturated carbocycles. The highest BCUT2D eigenvalue weighted by molar-refractivity contribution is 6.31. The molecule has 4 atom stereocenters. The molecule has 2 bridgehead atoms. The molecule has 5 heterocycles. The van der Waals surface area contributed by atoms with Crippen LogP contribution in [0.25, 0.3) is 43.6 Å². The van der Waals surface area contributed by atoms with E-state index in [1.54, 1.807) is 13.2 Å². The molecule has 3 aliphatic rings. The molecule has 8 heteroatoms. The minimum atomic E-state index is -0.929. The normalized spacial score (nSPS) is 26.9. The van der Waals surface area contributed by atoms with Crippen molar-refractivity contribution < 1.29 is 19.4 Å². The lowest BCUT2D eigenvalue weighted by molar-refractivity contribution is -0.256. The van der Waals surface area contributed by atoms with Gasteiger partial charge in [0.15, 0.2) is 5.72 Å². The molecule has 3 aromatic carbocycles. The summed E-state index contributed by atoms with van der Waals surface area (Å²) < 4.78 is 17.6. The van der Waals surface area contributed by atoms with Crippen LogP contribution in [-0.2, 0) is 21.7 Å². The smallest absolute Gasteiger partial charge is 0.252 e. The summed E-state index contributed by atoms with van der Waals surface area (Å²) in [6.07, 6.45) is 0.0709. The number of carbonyl (C=O) groups excluding carboxylic acids is 1. The van der Waals surface area contributed by atoms with E-state index in [2.05, 4.69) is 38.8 Å². The molecule has 0 spiro atoms. The Morgan fingerprint density at radius 3 is 2.72 bits per heavy atom. The average Bonchev–Trinajstić information content (AvgIpc) is 3.52. The van der Waals surface area contributed by atoms with Crippen LogP contribution in [0.15, 0.2) is 42.5 Å². The van der Waals surface area contributed by atoms with Crippen LogP contribution in [0.2, 0.25) is 0 Å². The fraction of sp³-hybridized carbons (Fsp3) is 0.321. The Morgan fingerprint density at radius 2 is 1.92 bits per heavy atom. The van der Waals surface area contributed by atoms with Crippen LogP contribution in [0.4, 0.5) is 0 Å². The SMILES string of the molecule is CN[C@H]1C[C@H]2O[C@](C)([C@H]1OC)n1c3c(O)cccc3c3c4c(c5c6ccccc6n2c5c31)C(=O)NC4. The van der Waals surface area contributed by atoms with Gasteiger partial charge in [0.1, 0.15) is 18.1 Å². The van der Waals surface area contributed by atoms with Crippen LogP contribution in [-0.4, -0.2) is 46.5 Å². The summed E-state index contributed by atoms with van der Waals surface area (Å²) in [5.41, 5.74) is 4.43. The van der Waals surface area contributed by atoms with E-state index in [4.69, 9.17) is 9.47 Å². The van der Waals surface area contributed by atoms with Gasteiger partial charge in [0.05, 0.1) is 27.6 Å². The van der Waals surface area contributed by atoms with Crippen molar-refractivity contribution in [1.29, 1.82) is 0 Å². The number of phenolic OH excluding ortho intramolecular Hbond substituents is 1. The molecule has 2 aromatic heterocycles. The standard InChI is InChI=1S/C28H26N4O4/c1-28-26(35-3)16(29-2)11-19(36-28)31-17-9-5-4-7-13(17)21-22-15(12-30-27(22)34)20-14-8-6-10-18(33)23(14)32(28)25(20)24(21)31/h4-10,16,19,26,29,33H,11-12H2,1-3H3,(H,30,34)/t16-,19+,26-,28+/m0/s1. The molecule has 3 N–H and O–H groups in total. The Kier molecular flexibility index (Phi) is 3.77. The summed E-state index contributed by atoms with van der Waals surface area (Å²) in [7, 11) is 3.67. The van der Waals surface area contributed by atoms with E-state index in [0.717, 1.165) is 49.2 Å². The zero-order valence-electron chi connectivity index (χ0n) is 20.3. The van der Waals surface area contributed by atoms with Gasteiger partial charge in [0.25, 0.3) is 5.91 Å². The number of phenols is 1. The molecule has 5 aromatic rings. The predicted molar refractivity (Wildman–Crippen MR) is 137 cm³/mol. The molecule has 8 rings (SSSR count). The van der Waals surface area contributed by atoms with Gasteiger partial charge in [-0.05, 0) is 31.7 Å². The minimum Gasteiger partial charge on any atom is -0.506 e. The van der Waals surface area contributed by atoms with E-state index in [0.29, 0.717) is 18.5 Å². The third kappa shape index (κ3) is 2.12. The first-order valence-corrected chi connectivity index (χ1v) is 12.4. The molecular weight excluding hydrogens is 456 g/mol. The number of hydrogen-bond donors (Lipinski definition) is 3. The Bertz CT molecular complexity index is 1800. The maximum absolute atomic E-state index is 13.3. The van der Waals surface area contributed by atoms with Gasteiger partial charge in [-0.15, -0.1) is 0 Å². The molecule has 0 unspecified atom stereocenters. The van der Waals surface area contributed by atoms with Crippen molar-refractivity contribution in [3.05, 3.63) is 53.6 Å². The first kappa shape index (κ1) is 20.6. The summed E-state index contributed by atoms with van der Waals surface area (Å²) in [4.78, 5) is 13.3. The average molecular weight is 483 g/mol. The zero-order chi connectivity index (χ0) is 24.5. The third-order valence-electron chi connectivity index (χ3n) is 8.69. The Balaban J connectivity index is 1.74. The summed E-state index contributed by atoms with van der Waals surface area (Å²) in [5, 5.41) is 21.7. The van der Waals surface area contributed by atoms with Crippen LogP contribution in [0.5, 0.6) is 5.75 Å². The molecule has 0 aliphatic carbocycles. The number of hydrogen-bond acceptors (Lipinski definition) is 5. The number of benzene rings is 3. The molecular formula is C28H26N4O4. The second kappa shape index (κ2) is 6.59.